The molecule has 18 unspecified atom stereocenters. The Morgan fingerprint density at radius 3 is 1.11 bits per heavy atom. The quantitative estimate of drug-likeness (QED) is 0.0776. The Labute approximate surface area is 757 Å². The van der Waals surface area contributed by atoms with Crippen LogP contribution < -0.4 is 31.9 Å². The Balaban J connectivity index is 0.000000144. The molecule has 0 spiro atoms. The summed E-state index contributed by atoms with van der Waals surface area (Å²) in [6.45, 7) is 55.4. The van der Waals surface area contributed by atoms with E-state index in [9.17, 15) is 5.11 Å². The molecule has 10 saturated heterocycles. The number of hydrogen-bond acceptors (Lipinski definition) is 22. The fourth-order valence-electron chi connectivity index (χ4n) is 20.7. The van der Waals surface area contributed by atoms with Crippen LogP contribution in [0.4, 0.5) is 0 Å². The van der Waals surface area contributed by atoms with Crippen molar-refractivity contribution in [2.75, 3.05) is 316 Å². The lowest BCUT2D eigenvalue weighted by Crippen LogP contribution is -2.49. The number of pyridine rings is 1. The molecule has 0 aliphatic carbocycles. The largest absolute Gasteiger partial charge is 0.508 e. The van der Waals surface area contributed by atoms with E-state index in [4.69, 9.17) is 0 Å². The third-order valence-electron chi connectivity index (χ3n) is 28.6. The number of nitrogens with one attached hydrogen (secondary N) is 6. The number of phenols is 1. The molecule has 10 bridgehead atoms. The first kappa shape index (κ1) is 98.3. The zero-order valence-corrected chi connectivity index (χ0v) is 78.6. The number of fused-ring (bicyclic) bond motifs is 15. The van der Waals surface area contributed by atoms with Crippen molar-refractivity contribution in [2.45, 2.75) is 114 Å². The van der Waals surface area contributed by atoms with Gasteiger partial charge in [-0.25, -0.2) is 0 Å². The highest BCUT2D eigenvalue weighted by molar-refractivity contribution is 5.33. The molecule has 5 aromatic carbocycles. The lowest BCUT2D eigenvalue weighted by molar-refractivity contribution is 0.0743. The Morgan fingerprint density at radius 1 is 0.288 bits per heavy atom. The molecule has 10 aliphatic heterocycles. The number of rotatable bonds is 8. The number of para-hydroxylation sites is 1. The smallest absolute Gasteiger partial charge is 0.118 e. The minimum Gasteiger partial charge on any atom is -0.508 e. The highest BCUT2D eigenvalue weighted by atomic mass is 16.3. The summed E-state index contributed by atoms with van der Waals surface area (Å²) in [6.07, 6.45) is 13.5. The number of benzene rings is 5. The highest BCUT2D eigenvalue weighted by Gasteiger charge is 2.32. The molecular weight excluding hydrogens is 1550 g/mol. The van der Waals surface area contributed by atoms with E-state index in [1.165, 1.54) is 165 Å². The van der Waals surface area contributed by atoms with Crippen molar-refractivity contribution in [3.63, 3.8) is 0 Å². The van der Waals surface area contributed by atoms with Crippen molar-refractivity contribution < 1.29 is 5.11 Å². The van der Waals surface area contributed by atoms with Gasteiger partial charge in [-0.15, -0.1) is 0 Å². The van der Waals surface area contributed by atoms with Crippen LogP contribution in [0.25, 0.3) is 0 Å². The van der Waals surface area contributed by atoms with E-state index in [0.717, 1.165) is 233 Å². The van der Waals surface area contributed by atoms with Gasteiger partial charge in [0.1, 0.15) is 5.75 Å². The summed E-state index contributed by atoms with van der Waals surface area (Å²) in [7, 11) is 9.20. The summed E-state index contributed by atoms with van der Waals surface area (Å²) < 4.78 is 0. The first-order chi connectivity index (χ1) is 61.4. The molecule has 7 N–H and O–H groups in total. The van der Waals surface area contributed by atoms with Gasteiger partial charge in [0.05, 0.1) is 0 Å². The maximum absolute atomic E-state index is 10.2. The molecule has 10 aliphatic rings. The van der Waals surface area contributed by atoms with Gasteiger partial charge in [-0.2, -0.15) is 0 Å². The SMILES string of the molecule is CC1CNCCN2CCN(CCNCC(C)C2)C1.CN1CCC(c2ccccc2)N2CCN(C)CCC(c3ccccc3)N(CC1)CC2.CN1CCC(c2ccccc2)N2CCN(CCC(c3ccccc3)N(C)CC2)CC1.Oc1ccccc1CC1CCNCCN2CCCNCCN1CC2.c1ccc(CC2CCNCCN3CCCNCCN2CC3)nc1. The van der Waals surface area contributed by atoms with Crippen LogP contribution in [0.1, 0.15) is 123 Å². The standard InChI is InChI=1S/2C26H38N4.C19H32N4O.C18H31N5.C14H30N4/c1-27-15-13-26(24-11-7-4-8-12-24)30-21-18-28(2)25(23-9-5-3-6-10-23)14-16-29(19-17-27)20-22-30;1-27-15-13-25(23-9-5-3-6-10-23)30-20-18-28(2)16-14-26(24-11-7-4-8-12-24)29(19-17-27)21-22-30;24-19-5-2-1-4-17(19)16-18-6-8-21-9-12-22-11-3-7-20-10-13-23(18)15-14-22;1-2-7-21-17(4-1)16-18-5-8-20-9-12-22-11-3-6-19-10-13-23(18)15-14-22;1-13-9-15-3-6-18-8-7-17(11-13)5-4-16-10-14(2)12-18/h2*3-12,25-26H,13-22H2,1-2H3;1-2,4-5,18,20-21,24H,3,6-16H2;1-2,4,7,18-20H,3,5-6,8-16H2;13-16H,3-12H2,1-2H3. The first-order valence-corrected chi connectivity index (χ1v) is 49.6. The number of phenolic OH excluding ortho intramolecular Hbond substituents is 1. The predicted octanol–water partition coefficient (Wildman–Crippen LogP) is 9.03. The molecule has 0 amide bonds. The van der Waals surface area contributed by atoms with Crippen LogP contribution in [0, 0.1) is 11.8 Å². The van der Waals surface area contributed by atoms with Crippen LogP contribution in [0.15, 0.2) is 170 Å². The molecule has 22 heteroatoms. The lowest BCUT2D eigenvalue weighted by atomic mass is 9.99. The van der Waals surface area contributed by atoms with Crippen molar-refractivity contribution in [1.82, 2.24) is 105 Å². The predicted molar refractivity (Wildman–Crippen MR) is 522 cm³/mol. The minimum atomic E-state index is 0.434. The number of aromatic nitrogens is 1. The number of hydrogen-bond donors (Lipinski definition) is 7. The molecule has 6 aromatic rings. The molecule has 1 aromatic heterocycles. The van der Waals surface area contributed by atoms with Crippen LogP contribution >= 0.6 is 0 Å². The van der Waals surface area contributed by atoms with Crippen molar-refractivity contribution in [3.8, 4) is 5.75 Å². The second-order valence-corrected chi connectivity index (χ2v) is 38.1. The van der Waals surface area contributed by atoms with E-state index < -0.39 is 0 Å². The maximum atomic E-state index is 10.2. The van der Waals surface area contributed by atoms with E-state index in [2.05, 4.69) is 287 Å². The van der Waals surface area contributed by atoms with Crippen LogP contribution in [-0.4, -0.2) is 407 Å². The van der Waals surface area contributed by atoms with E-state index in [-0.39, 0.29) is 0 Å². The zero-order valence-electron chi connectivity index (χ0n) is 78.6. The Bertz CT molecular complexity index is 3600. The Hall–Kier alpha value is -5.75. The fourth-order valence-corrected chi connectivity index (χ4v) is 20.7. The monoisotopic (exact) mass is 1720 g/mol. The average Bonchev–Trinajstić information content (AvgIpc) is 0.804. The molecule has 22 nitrogen and oxygen atoms in total. The zero-order chi connectivity index (χ0) is 86.7. The molecule has 692 valence electrons. The average molecular weight is 1720 g/mol. The van der Waals surface area contributed by atoms with Crippen LogP contribution in [0.3, 0.4) is 0 Å². The molecular formula is C103H169N21O. The van der Waals surface area contributed by atoms with E-state index in [0.29, 0.717) is 42.0 Å². The molecule has 0 saturated carbocycles. The van der Waals surface area contributed by atoms with Crippen molar-refractivity contribution >= 4 is 0 Å². The minimum absolute atomic E-state index is 0.434. The second kappa shape index (κ2) is 56.1. The van der Waals surface area contributed by atoms with Gasteiger partial charge < -0.3 is 76.2 Å². The van der Waals surface area contributed by atoms with Gasteiger partial charge in [0.15, 0.2) is 0 Å². The van der Waals surface area contributed by atoms with Crippen molar-refractivity contribution in [1.29, 1.82) is 0 Å². The summed E-state index contributed by atoms with van der Waals surface area (Å²) >= 11 is 0. The number of likely N-dealkylation sites (N-methyl/N-ethyl adjacent to an activating group) is 4. The number of nitrogens with zero attached hydrogens (tertiary/aromatic N) is 15. The van der Waals surface area contributed by atoms with Crippen molar-refractivity contribution in [2.24, 2.45) is 11.8 Å². The Kier molecular flexibility index (Phi) is 44.1. The van der Waals surface area contributed by atoms with Crippen LogP contribution in [0.2, 0.25) is 0 Å². The first-order valence-electron chi connectivity index (χ1n) is 49.6. The van der Waals surface area contributed by atoms with E-state index >= 15 is 0 Å². The van der Waals surface area contributed by atoms with Gasteiger partial charge >= 0.3 is 0 Å². The fraction of sp³-hybridized carbons (Fsp3) is 0.660. The van der Waals surface area contributed by atoms with Gasteiger partial charge in [-0.05, 0) is 216 Å². The maximum Gasteiger partial charge on any atom is 0.118 e. The van der Waals surface area contributed by atoms with E-state index in [1.807, 2.05) is 24.4 Å². The molecule has 125 heavy (non-hydrogen) atoms. The second-order valence-electron chi connectivity index (χ2n) is 38.1. The number of aromatic hydroxyl groups is 1. The van der Waals surface area contributed by atoms with Gasteiger partial charge in [0.2, 0.25) is 0 Å². The van der Waals surface area contributed by atoms with Crippen LogP contribution in [0.5, 0.6) is 5.75 Å². The topological polar surface area (TPSA) is 151 Å². The van der Waals surface area contributed by atoms with Gasteiger partial charge in [0.25, 0.3) is 0 Å². The van der Waals surface area contributed by atoms with Crippen molar-refractivity contribution in [3.05, 3.63) is 203 Å². The summed E-state index contributed by atoms with van der Waals surface area (Å²) in [4.78, 5) is 41.5. The van der Waals surface area contributed by atoms with Gasteiger partial charge in [-0.3, -0.25) is 34.4 Å². The molecule has 16 rings (SSSR count). The molecule has 11 heterocycles. The normalized spacial score (nSPS) is 31.6. The third kappa shape index (κ3) is 34.8. The summed E-state index contributed by atoms with van der Waals surface area (Å²) in [5, 5.41) is 31.8. The molecule has 18 atom stereocenters. The Morgan fingerprint density at radius 2 is 0.640 bits per heavy atom. The molecule has 0 radical (unpaired) electrons. The van der Waals surface area contributed by atoms with E-state index in [1.54, 1.807) is 6.07 Å². The lowest BCUT2D eigenvalue weighted by Gasteiger charge is -2.41. The summed E-state index contributed by atoms with van der Waals surface area (Å²) in [5.74, 6) is 1.96. The van der Waals surface area contributed by atoms with Crippen LogP contribution in [-0.2, 0) is 12.8 Å². The summed E-state index contributed by atoms with van der Waals surface area (Å²) in [5.41, 5.74) is 8.15. The van der Waals surface area contributed by atoms with Gasteiger partial charge in [0, 0.05) is 271 Å². The molecule has 10 fully saturated rings. The van der Waals surface area contributed by atoms with Gasteiger partial charge in [-0.1, -0.05) is 159 Å². The highest BCUT2D eigenvalue weighted by Crippen LogP contribution is 2.33. The summed E-state index contributed by atoms with van der Waals surface area (Å²) in [6, 6.07) is 61.8. The third-order valence-corrected chi connectivity index (χ3v) is 28.6.